The number of hydrogen-bond donors (Lipinski definition) is 4. The number of para-hydroxylation sites is 4. The second-order valence-corrected chi connectivity index (χ2v) is 11.0. The second kappa shape index (κ2) is 32.0. The van der Waals surface area contributed by atoms with Gasteiger partial charge in [0.2, 0.25) is 0 Å². The van der Waals surface area contributed by atoms with Gasteiger partial charge in [0.1, 0.15) is 73.6 Å². The number of rotatable bonds is 8. The zero-order chi connectivity index (χ0) is 46.4. The van der Waals surface area contributed by atoms with Crippen LogP contribution in [0, 0.1) is 30.6 Å². The summed E-state index contributed by atoms with van der Waals surface area (Å²) >= 11 is 0. The van der Waals surface area contributed by atoms with Crippen molar-refractivity contribution in [1.82, 2.24) is 59.5 Å². The minimum Gasteiger partial charge on any atom is -0.507 e. The van der Waals surface area contributed by atoms with Crippen LogP contribution in [-0.4, -0.2) is 115 Å². The fourth-order valence-electron chi connectivity index (χ4n) is 3.92. The van der Waals surface area contributed by atoms with Gasteiger partial charge < -0.3 is 51.1 Å². The Labute approximate surface area is 401 Å². The summed E-state index contributed by atoms with van der Waals surface area (Å²) in [7, 11) is 0. The normalized spacial score (nSPS) is 9.94. The molecule has 0 saturated heterocycles. The number of phenols is 4. The topological polar surface area (TPSA) is 386 Å². The quantitative estimate of drug-likeness (QED) is 0.0735. The van der Waals surface area contributed by atoms with Crippen LogP contribution in [0.15, 0.2) is 168 Å². The van der Waals surface area contributed by atoms with Gasteiger partial charge in [-0.2, -0.15) is 20.4 Å². The van der Waals surface area contributed by atoms with Crippen LogP contribution in [0.25, 0.3) is 0 Å². The molecule has 0 atom stereocenters. The molecular weight excluding hydrogens is 1060 g/mol. The van der Waals surface area contributed by atoms with Crippen molar-refractivity contribution in [1.29, 1.82) is 0 Å². The van der Waals surface area contributed by atoms with E-state index in [1.54, 1.807) is 97.7 Å². The maximum Gasteiger partial charge on any atom is 1.00 e. The van der Waals surface area contributed by atoms with Crippen LogP contribution >= 0.6 is 0 Å². The molecule has 0 amide bonds. The van der Waals surface area contributed by atoms with E-state index in [0.29, 0.717) is 22.3 Å². The van der Waals surface area contributed by atoms with Crippen molar-refractivity contribution >= 4 is 24.9 Å². The van der Waals surface area contributed by atoms with Gasteiger partial charge in [-0.25, -0.2) is 18.7 Å². The molecule has 0 spiro atoms. The van der Waals surface area contributed by atoms with E-state index in [9.17, 15) is 20.4 Å². The fourth-order valence-corrected chi connectivity index (χ4v) is 3.92. The molecule has 0 fully saturated rings. The number of aromatic hydroxyl groups is 4. The monoisotopic (exact) mass is 1090 g/mol. The molecular formula is C36H32Ag2N18O10. The number of benzene rings is 4. The van der Waals surface area contributed by atoms with Crippen molar-refractivity contribution < 1.29 is 75.4 Å². The van der Waals surface area contributed by atoms with Gasteiger partial charge in [-0.1, -0.05) is 48.5 Å². The molecule has 30 heteroatoms. The molecule has 66 heavy (non-hydrogen) atoms. The first-order valence-electron chi connectivity index (χ1n) is 17.2. The second-order valence-electron chi connectivity index (χ2n) is 11.0. The Bertz CT molecular complexity index is 2310. The van der Waals surface area contributed by atoms with Crippen molar-refractivity contribution in [3.05, 3.63) is 201 Å². The summed E-state index contributed by atoms with van der Waals surface area (Å²) in [5.74, 6) is 0.794. The third-order valence-corrected chi connectivity index (χ3v) is 6.69. The van der Waals surface area contributed by atoms with E-state index in [1.165, 1.54) is 69.3 Å². The van der Waals surface area contributed by atoms with Crippen LogP contribution < -0.4 is 0 Å². The van der Waals surface area contributed by atoms with Crippen molar-refractivity contribution in [2.45, 2.75) is 0 Å². The molecule has 28 nitrogen and oxygen atoms in total. The van der Waals surface area contributed by atoms with Crippen LogP contribution in [-0.2, 0) is 44.8 Å². The van der Waals surface area contributed by atoms with Gasteiger partial charge in [0, 0.05) is 22.3 Å². The summed E-state index contributed by atoms with van der Waals surface area (Å²) in [5.41, 5.74) is 2.62. The van der Waals surface area contributed by atoms with E-state index < -0.39 is 10.2 Å². The SMILES string of the molecule is O=[N+]([O-])[O-].O=[N+]([O-])[O-].Oc1ccccc1/C=N/n1cnnc1.Oc1ccccc1/C=N/n1cnnc1.Oc1ccccc1/C=N/n1cnnc1.Oc1ccccc1/C=N/n1cnnc1.[Ag+].[Ag+]. The molecule has 0 saturated carbocycles. The van der Waals surface area contributed by atoms with Crippen molar-refractivity contribution in [2.24, 2.45) is 20.4 Å². The van der Waals surface area contributed by atoms with E-state index in [4.69, 9.17) is 30.6 Å². The van der Waals surface area contributed by atoms with Crippen molar-refractivity contribution in [3.63, 3.8) is 0 Å². The van der Waals surface area contributed by atoms with Crippen LogP contribution in [0.1, 0.15) is 22.3 Å². The Kier molecular flexibility index (Phi) is 26.7. The molecule has 0 aliphatic rings. The van der Waals surface area contributed by atoms with Gasteiger partial charge in [-0.15, -0.1) is 40.8 Å². The van der Waals surface area contributed by atoms with Crippen molar-refractivity contribution in [2.75, 3.05) is 0 Å². The predicted molar refractivity (Wildman–Crippen MR) is 225 cm³/mol. The molecule has 0 unspecified atom stereocenters. The minimum atomic E-state index is -1.75. The molecule has 8 rings (SSSR count). The summed E-state index contributed by atoms with van der Waals surface area (Å²) in [5, 5.41) is 112. The molecule has 4 aromatic heterocycles. The first-order valence-corrected chi connectivity index (χ1v) is 17.2. The number of aromatic nitrogens is 12. The number of hydrogen-bond acceptors (Lipinski definition) is 22. The molecule has 0 radical (unpaired) electrons. The smallest absolute Gasteiger partial charge is 0.507 e. The zero-order valence-corrected chi connectivity index (χ0v) is 36.0. The van der Waals surface area contributed by atoms with Crippen LogP contribution in [0.4, 0.5) is 0 Å². The Morgan fingerprint density at radius 2 is 0.515 bits per heavy atom. The molecule has 0 aliphatic carbocycles. The Balaban J connectivity index is 0.000000413. The fraction of sp³-hybridized carbons (Fsp3) is 0. The predicted octanol–water partition coefficient (Wildman–Crippen LogP) is 2.98. The Morgan fingerprint density at radius 3 is 0.667 bits per heavy atom. The summed E-state index contributed by atoms with van der Waals surface area (Å²) in [4.78, 5) is 16.5. The van der Waals surface area contributed by atoms with Crippen LogP contribution in [0.2, 0.25) is 0 Å². The Morgan fingerprint density at radius 1 is 0.364 bits per heavy atom. The number of nitrogens with zero attached hydrogens (tertiary/aromatic N) is 18. The molecule has 0 bridgehead atoms. The van der Waals surface area contributed by atoms with E-state index >= 15 is 0 Å². The van der Waals surface area contributed by atoms with E-state index in [0.717, 1.165) is 0 Å². The molecule has 8 aromatic rings. The van der Waals surface area contributed by atoms with Gasteiger partial charge in [0.15, 0.2) is 0 Å². The summed E-state index contributed by atoms with van der Waals surface area (Å²) in [6.07, 6.45) is 17.9. The zero-order valence-electron chi connectivity index (χ0n) is 33.1. The average molecular weight is 1090 g/mol. The maximum atomic E-state index is 9.41. The molecule has 0 aliphatic heterocycles. The van der Waals surface area contributed by atoms with Gasteiger partial charge in [0.05, 0.1) is 35.0 Å². The minimum absolute atomic E-state index is 0. The summed E-state index contributed by atoms with van der Waals surface area (Å²) < 4.78 is 5.80. The first kappa shape index (κ1) is 55.2. The van der Waals surface area contributed by atoms with Gasteiger partial charge in [-0.05, 0) is 48.5 Å². The third-order valence-electron chi connectivity index (χ3n) is 6.69. The van der Waals surface area contributed by atoms with E-state index in [2.05, 4.69) is 61.2 Å². The van der Waals surface area contributed by atoms with Crippen molar-refractivity contribution in [3.8, 4) is 23.0 Å². The average Bonchev–Trinajstić information content (AvgIpc) is 4.13. The largest absolute Gasteiger partial charge is 1.00 e. The first-order chi connectivity index (χ1) is 30.9. The summed E-state index contributed by atoms with van der Waals surface area (Å²) in [6, 6.07) is 27.8. The molecule has 4 N–H and O–H groups in total. The Hall–Kier alpha value is -8.80. The molecule has 4 aromatic carbocycles. The molecule has 4 heterocycles. The van der Waals surface area contributed by atoms with Gasteiger partial charge in [0.25, 0.3) is 0 Å². The summed E-state index contributed by atoms with van der Waals surface area (Å²) in [6.45, 7) is 0. The maximum absolute atomic E-state index is 9.41. The standard InChI is InChI=1S/4C9H8N4O.2Ag.2NO3/c4*14-9-4-2-1-3-8(9)5-12-13-6-10-11-7-13;;;2*2-1(3)4/h4*1-7,14H;;;;/q;;;;2*+1;2*-1/b4*12-5+;;;;. The van der Waals surface area contributed by atoms with E-state index in [-0.39, 0.29) is 67.8 Å². The van der Waals surface area contributed by atoms with E-state index in [1.807, 2.05) is 24.3 Å². The number of phenolic OH excluding ortho intramolecular Hbond substituents is 4. The van der Waals surface area contributed by atoms with Crippen LogP contribution in [0.5, 0.6) is 23.0 Å². The molecule has 348 valence electrons. The van der Waals surface area contributed by atoms with Gasteiger partial charge >= 0.3 is 44.8 Å². The van der Waals surface area contributed by atoms with Crippen LogP contribution in [0.3, 0.4) is 0 Å². The third kappa shape index (κ3) is 23.4. The van der Waals surface area contributed by atoms with Gasteiger partial charge in [-0.3, -0.25) is 0 Å².